The molecule has 0 aliphatic carbocycles. The lowest BCUT2D eigenvalue weighted by Gasteiger charge is -2.38. The fourth-order valence-corrected chi connectivity index (χ4v) is 3.37. The smallest absolute Gasteiger partial charge is 0.325 e. The second-order valence-corrected chi connectivity index (χ2v) is 6.55. The Hall–Kier alpha value is 0.0300. The zero-order valence-corrected chi connectivity index (χ0v) is 11.2. The van der Waals surface area contributed by atoms with E-state index in [1.54, 1.807) is 7.11 Å². The molecule has 17 heavy (non-hydrogen) atoms. The summed E-state index contributed by atoms with van der Waals surface area (Å²) < 4.78 is 33.3. The minimum atomic E-state index is -3.58. The fraction of sp³-hybridized carbons (Fsp3) is 1.00. The second kappa shape index (κ2) is 4.61. The van der Waals surface area contributed by atoms with E-state index >= 15 is 0 Å². The average molecular weight is 266 g/mol. The summed E-state index contributed by atoms with van der Waals surface area (Å²) in [5.74, 6) is 0. The van der Waals surface area contributed by atoms with Crippen molar-refractivity contribution < 1.29 is 28.2 Å². The monoisotopic (exact) mass is 266 g/mol. The molecule has 2 bridgehead atoms. The van der Waals surface area contributed by atoms with E-state index < -0.39 is 19.3 Å². The third-order valence-corrected chi connectivity index (χ3v) is 3.85. The van der Waals surface area contributed by atoms with Gasteiger partial charge >= 0.3 is 7.60 Å². The molecule has 1 N–H and O–H groups in total. The van der Waals surface area contributed by atoms with Crippen LogP contribution in [0.2, 0.25) is 0 Å². The molecule has 0 saturated carbocycles. The van der Waals surface area contributed by atoms with E-state index in [9.17, 15) is 9.46 Å². The summed E-state index contributed by atoms with van der Waals surface area (Å²) in [7, 11) is -2.00. The van der Waals surface area contributed by atoms with E-state index in [0.717, 1.165) is 0 Å². The van der Waals surface area contributed by atoms with Gasteiger partial charge in [0.2, 0.25) is 0 Å². The number of hydrogen-bond donors (Lipinski definition) is 1. The quantitative estimate of drug-likeness (QED) is 0.758. The molecule has 5 atom stereocenters. The number of fused-ring (bicyclic) bond motifs is 2. The normalized spacial score (nSPS) is 44.6. The van der Waals surface area contributed by atoms with Crippen LogP contribution in [-0.2, 0) is 23.3 Å². The number of rotatable bonds is 4. The third kappa shape index (κ3) is 2.57. The Balaban J connectivity index is 2.24. The van der Waals surface area contributed by atoms with Crippen molar-refractivity contribution in [1.29, 1.82) is 0 Å². The van der Waals surface area contributed by atoms with Crippen LogP contribution in [0.3, 0.4) is 0 Å². The van der Waals surface area contributed by atoms with Crippen molar-refractivity contribution in [3.63, 3.8) is 0 Å². The highest BCUT2D eigenvalue weighted by molar-refractivity contribution is 7.51. The van der Waals surface area contributed by atoms with Crippen molar-refractivity contribution in [2.75, 3.05) is 27.0 Å². The van der Waals surface area contributed by atoms with Gasteiger partial charge in [-0.05, 0) is 6.92 Å². The first-order valence-corrected chi connectivity index (χ1v) is 7.67. The van der Waals surface area contributed by atoms with Gasteiger partial charge in [0.05, 0.1) is 19.3 Å². The molecule has 0 aromatic heterocycles. The molecule has 0 aromatic rings. The molecule has 2 saturated heterocycles. The lowest BCUT2D eigenvalue weighted by atomic mass is 9.90. The molecular formula is C10H19O6P. The zero-order chi connectivity index (χ0) is 12.7. The summed E-state index contributed by atoms with van der Waals surface area (Å²) in [5, 5.41) is 0. The highest BCUT2D eigenvalue weighted by Gasteiger charge is 2.59. The van der Waals surface area contributed by atoms with Crippen LogP contribution in [-0.4, -0.2) is 55.8 Å². The van der Waals surface area contributed by atoms with Crippen molar-refractivity contribution in [2.45, 2.75) is 37.3 Å². The Kier molecular flexibility index (Phi) is 3.65. The highest BCUT2D eigenvalue weighted by atomic mass is 31.2. The molecule has 2 heterocycles. The molecule has 3 unspecified atom stereocenters. The predicted octanol–water partition coefficient (Wildman–Crippen LogP) is 0.780. The predicted molar refractivity (Wildman–Crippen MR) is 60.1 cm³/mol. The van der Waals surface area contributed by atoms with E-state index in [4.69, 9.17) is 18.7 Å². The minimum Gasteiger partial charge on any atom is -0.382 e. The largest absolute Gasteiger partial charge is 0.382 e. The lowest BCUT2D eigenvalue weighted by molar-refractivity contribution is -0.138. The molecular weight excluding hydrogens is 247 g/mol. The average Bonchev–Trinajstić information content (AvgIpc) is 2.35. The number of ether oxygens (including phenoxy) is 3. The van der Waals surface area contributed by atoms with Gasteiger partial charge in [-0.25, -0.2) is 0 Å². The summed E-state index contributed by atoms with van der Waals surface area (Å²) in [5.41, 5.74) is -0.661. The van der Waals surface area contributed by atoms with Gasteiger partial charge in [-0.1, -0.05) is 0 Å². The van der Waals surface area contributed by atoms with E-state index in [-0.39, 0.29) is 12.2 Å². The van der Waals surface area contributed by atoms with Gasteiger partial charge in [0.1, 0.15) is 17.8 Å². The Labute approximate surface area is 101 Å². The van der Waals surface area contributed by atoms with Crippen molar-refractivity contribution in [2.24, 2.45) is 0 Å². The van der Waals surface area contributed by atoms with Gasteiger partial charge in [-0.3, -0.25) is 9.09 Å². The zero-order valence-electron chi connectivity index (χ0n) is 10.3. The summed E-state index contributed by atoms with van der Waals surface area (Å²) >= 11 is 0. The van der Waals surface area contributed by atoms with Crippen LogP contribution in [0, 0.1) is 0 Å². The summed E-state index contributed by atoms with van der Waals surface area (Å²) in [6.07, 6.45) is -0.414. The molecule has 0 amide bonds. The summed E-state index contributed by atoms with van der Waals surface area (Å²) in [4.78, 5) is 9.38. The van der Waals surface area contributed by atoms with Gasteiger partial charge in [0.25, 0.3) is 0 Å². The first-order valence-electron chi connectivity index (χ1n) is 5.65. The summed E-state index contributed by atoms with van der Waals surface area (Å²) in [6.45, 7) is 3.94. The van der Waals surface area contributed by atoms with Crippen LogP contribution in [0.5, 0.6) is 0 Å². The highest BCUT2D eigenvalue weighted by Crippen LogP contribution is 2.49. The van der Waals surface area contributed by atoms with Gasteiger partial charge in [0.15, 0.2) is 0 Å². The van der Waals surface area contributed by atoms with E-state index in [0.29, 0.717) is 19.6 Å². The molecule has 100 valence electrons. The molecule has 2 fully saturated rings. The van der Waals surface area contributed by atoms with Crippen LogP contribution < -0.4 is 0 Å². The molecule has 2 aliphatic heterocycles. The molecule has 0 spiro atoms. The fourth-order valence-electron chi connectivity index (χ4n) is 2.64. The SMILES string of the molecule is COCC12CCO[C@H](C(C)O1)[C@@H]2OP(C)(=O)O. The van der Waals surface area contributed by atoms with Gasteiger partial charge < -0.3 is 19.1 Å². The second-order valence-electron chi connectivity index (χ2n) is 4.74. The third-order valence-electron chi connectivity index (χ3n) is 3.23. The summed E-state index contributed by atoms with van der Waals surface area (Å²) in [6, 6.07) is 0. The topological polar surface area (TPSA) is 74.2 Å². The van der Waals surface area contributed by atoms with Gasteiger partial charge in [-0.2, -0.15) is 0 Å². The Morgan fingerprint density at radius 1 is 1.59 bits per heavy atom. The van der Waals surface area contributed by atoms with Gasteiger partial charge in [-0.15, -0.1) is 0 Å². The van der Waals surface area contributed by atoms with Crippen molar-refractivity contribution in [3.05, 3.63) is 0 Å². The van der Waals surface area contributed by atoms with Crippen LogP contribution in [0.15, 0.2) is 0 Å². The van der Waals surface area contributed by atoms with Crippen LogP contribution in [0.4, 0.5) is 0 Å². The number of hydrogen-bond acceptors (Lipinski definition) is 5. The van der Waals surface area contributed by atoms with Crippen LogP contribution >= 0.6 is 7.60 Å². The van der Waals surface area contributed by atoms with E-state index in [1.165, 1.54) is 6.66 Å². The van der Waals surface area contributed by atoms with E-state index in [2.05, 4.69) is 0 Å². The molecule has 7 heteroatoms. The maximum Gasteiger partial charge on any atom is 0.325 e. The lowest BCUT2D eigenvalue weighted by Crippen LogP contribution is -2.52. The molecule has 0 radical (unpaired) electrons. The first kappa shape index (κ1) is 13.5. The van der Waals surface area contributed by atoms with Crippen LogP contribution in [0.25, 0.3) is 0 Å². The van der Waals surface area contributed by atoms with E-state index in [1.807, 2.05) is 6.92 Å². The maximum atomic E-state index is 11.4. The Morgan fingerprint density at radius 2 is 2.29 bits per heavy atom. The molecule has 0 aromatic carbocycles. The molecule has 2 aliphatic rings. The van der Waals surface area contributed by atoms with Crippen molar-refractivity contribution >= 4 is 7.60 Å². The standard InChI is InChI=1S/C10H19O6P/c1-7-8-9(16-17(3,11)12)10(15-7,6-13-2)4-5-14-8/h7-9H,4-6H2,1-3H3,(H,11,12)/t7?,8-,9+,10?/m1/s1. The Bertz CT molecular complexity index is 325. The number of methoxy groups -OCH3 is 1. The van der Waals surface area contributed by atoms with Crippen molar-refractivity contribution in [3.8, 4) is 0 Å². The minimum absolute atomic E-state index is 0.163. The van der Waals surface area contributed by atoms with Crippen molar-refractivity contribution in [1.82, 2.24) is 0 Å². The molecule has 2 rings (SSSR count). The first-order chi connectivity index (χ1) is 7.88. The van der Waals surface area contributed by atoms with Gasteiger partial charge in [0, 0.05) is 20.2 Å². The molecule has 6 nitrogen and oxygen atoms in total. The van der Waals surface area contributed by atoms with Crippen LogP contribution in [0.1, 0.15) is 13.3 Å². The maximum absolute atomic E-state index is 11.4. The Morgan fingerprint density at radius 3 is 2.88 bits per heavy atom.